The molecule has 0 amide bonds. The lowest BCUT2D eigenvalue weighted by atomic mass is 9.91. The molecule has 1 aromatic heterocycles. The highest BCUT2D eigenvalue weighted by Crippen LogP contribution is 2.35. The third-order valence-electron chi connectivity index (χ3n) is 3.95. The summed E-state index contributed by atoms with van der Waals surface area (Å²) < 4.78 is 7.58. The number of ether oxygens (including phenoxy) is 1. The van der Waals surface area contributed by atoms with Crippen LogP contribution in [0.15, 0.2) is 18.2 Å². The maximum absolute atomic E-state index is 5.34. The van der Waals surface area contributed by atoms with Crippen LogP contribution in [0.2, 0.25) is 0 Å². The Labute approximate surface area is 109 Å². The Hall–Kier alpha value is -1.48. The fourth-order valence-corrected chi connectivity index (χ4v) is 2.59. The monoisotopic (exact) mass is 246 g/mol. The van der Waals surface area contributed by atoms with Crippen molar-refractivity contribution in [1.82, 2.24) is 9.88 Å². The first-order valence-electron chi connectivity index (χ1n) is 6.24. The number of hydrogen-bond acceptors (Lipinski definition) is 2. The zero-order valence-electron chi connectivity index (χ0n) is 12.1. The normalized spacial score (nSPS) is 12.1. The smallest absolute Gasteiger partial charge is 0.119 e. The van der Waals surface area contributed by atoms with E-state index in [2.05, 4.69) is 49.8 Å². The summed E-state index contributed by atoms with van der Waals surface area (Å²) in [5.74, 6) is 0.904. The molecule has 3 heteroatoms. The number of aryl methyl sites for hydroxylation is 1. The van der Waals surface area contributed by atoms with E-state index in [0.29, 0.717) is 0 Å². The second-order valence-electron chi connectivity index (χ2n) is 5.28. The van der Waals surface area contributed by atoms with Gasteiger partial charge in [0.05, 0.1) is 7.11 Å². The van der Waals surface area contributed by atoms with Crippen LogP contribution in [0.25, 0.3) is 10.9 Å². The molecule has 0 aliphatic rings. The van der Waals surface area contributed by atoms with Crippen molar-refractivity contribution in [3.05, 3.63) is 29.5 Å². The number of fused-ring (bicyclic) bond motifs is 1. The predicted octanol–water partition coefficient (Wildman–Crippen LogP) is 2.95. The summed E-state index contributed by atoms with van der Waals surface area (Å²) in [5.41, 5.74) is 3.81. The Morgan fingerprint density at radius 1 is 1.28 bits per heavy atom. The molecule has 18 heavy (non-hydrogen) atoms. The molecule has 0 fully saturated rings. The van der Waals surface area contributed by atoms with Gasteiger partial charge in [-0.2, -0.15) is 0 Å². The molecule has 2 aromatic rings. The van der Waals surface area contributed by atoms with Gasteiger partial charge in [0.25, 0.3) is 0 Å². The summed E-state index contributed by atoms with van der Waals surface area (Å²) in [5, 5.41) is 4.65. The molecule has 0 atom stereocenters. The van der Waals surface area contributed by atoms with E-state index in [1.54, 1.807) is 7.11 Å². The average molecular weight is 246 g/mol. The van der Waals surface area contributed by atoms with Crippen LogP contribution in [-0.4, -0.2) is 18.7 Å². The van der Waals surface area contributed by atoms with Crippen LogP contribution in [0.5, 0.6) is 5.75 Å². The number of benzene rings is 1. The lowest BCUT2D eigenvalue weighted by Crippen LogP contribution is -2.33. The lowest BCUT2D eigenvalue weighted by molar-refractivity contribution is 0.415. The van der Waals surface area contributed by atoms with E-state index in [4.69, 9.17) is 4.74 Å². The van der Waals surface area contributed by atoms with Crippen molar-refractivity contribution in [1.29, 1.82) is 0 Å². The number of rotatable bonds is 3. The molecule has 0 aliphatic carbocycles. The number of aromatic nitrogens is 1. The van der Waals surface area contributed by atoms with Gasteiger partial charge in [-0.1, -0.05) is 0 Å². The van der Waals surface area contributed by atoms with Gasteiger partial charge < -0.3 is 14.6 Å². The van der Waals surface area contributed by atoms with Gasteiger partial charge in [0, 0.05) is 34.7 Å². The van der Waals surface area contributed by atoms with Gasteiger partial charge in [-0.3, -0.25) is 0 Å². The van der Waals surface area contributed by atoms with Gasteiger partial charge in [-0.05, 0) is 46.0 Å². The highest BCUT2D eigenvalue weighted by atomic mass is 16.5. The third-order valence-corrected chi connectivity index (χ3v) is 3.95. The second-order valence-corrected chi connectivity index (χ2v) is 5.28. The Balaban J connectivity index is 2.82. The van der Waals surface area contributed by atoms with Crippen LogP contribution in [0.3, 0.4) is 0 Å². The summed E-state index contributed by atoms with van der Waals surface area (Å²) in [6.07, 6.45) is 0. The molecule has 0 saturated heterocycles. The molecule has 1 heterocycles. The number of methoxy groups -OCH3 is 1. The number of hydrogen-bond donors (Lipinski definition) is 1. The van der Waals surface area contributed by atoms with Crippen LogP contribution >= 0.6 is 0 Å². The van der Waals surface area contributed by atoms with E-state index in [9.17, 15) is 0 Å². The summed E-state index contributed by atoms with van der Waals surface area (Å²) in [7, 11) is 5.82. The van der Waals surface area contributed by atoms with Crippen molar-refractivity contribution in [3.8, 4) is 5.75 Å². The van der Waals surface area contributed by atoms with Crippen molar-refractivity contribution >= 4 is 10.9 Å². The lowest BCUT2D eigenvalue weighted by Gasteiger charge is -2.25. The van der Waals surface area contributed by atoms with E-state index in [1.165, 1.54) is 22.2 Å². The van der Waals surface area contributed by atoms with Crippen LogP contribution in [0.1, 0.15) is 25.1 Å². The van der Waals surface area contributed by atoms with Crippen molar-refractivity contribution in [3.63, 3.8) is 0 Å². The zero-order chi connectivity index (χ0) is 13.5. The summed E-state index contributed by atoms with van der Waals surface area (Å²) in [6.45, 7) is 6.57. The Bertz CT molecular complexity index is 582. The van der Waals surface area contributed by atoms with Crippen molar-refractivity contribution in [2.75, 3.05) is 14.2 Å². The largest absolute Gasteiger partial charge is 0.497 e. The van der Waals surface area contributed by atoms with Gasteiger partial charge in [-0.15, -0.1) is 0 Å². The number of nitrogens with zero attached hydrogens (tertiary/aromatic N) is 1. The molecule has 0 radical (unpaired) electrons. The SMILES string of the molecule is CNC(C)(C)c1c(C)n(C)c2ccc(OC)cc12. The fraction of sp³-hybridized carbons (Fsp3) is 0.467. The molecule has 3 nitrogen and oxygen atoms in total. The van der Waals surface area contributed by atoms with Crippen molar-refractivity contribution < 1.29 is 4.74 Å². The molecule has 98 valence electrons. The molecule has 0 saturated carbocycles. The quantitative estimate of drug-likeness (QED) is 0.901. The Kier molecular flexibility index (Phi) is 3.11. The third kappa shape index (κ3) is 1.79. The van der Waals surface area contributed by atoms with Gasteiger partial charge in [0.15, 0.2) is 0 Å². The predicted molar refractivity (Wildman–Crippen MR) is 76.3 cm³/mol. The molecule has 0 spiro atoms. The topological polar surface area (TPSA) is 26.2 Å². The maximum Gasteiger partial charge on any atom is 0.119 e. The first-order chi connectivity index (χ1) is 8.42. The minimum atomic E-state index is -0.0596. The van der Waals surface area contributed by atoms with Crippen LogP contribution in [-0.2, 0) is 12.6 Å². The van der Waals surface area contributed by atoms with Crippen LogP contribution < -0.4 is 10.1 Å². The number of nitrogens with one attached hydrogen (secondary N) is 1. The Morgan fingerprint density at radius 3 is 2.50 bits per heavy atom. The summed E-state index contributed by atoms with van der Waals surface area (Å²) in [6, 6.07) is 6.26. The molecular weight excluding hydrogens is 224 g/mol. The standard InChI is InChI=1S/C15H22N2O/c1-10-14(15(2,3)16-4)12-9-11(18-6)7-8-13(12)17(10)5/h7-9,16H,1-6H3. The highest BCUT2D eigenvalue weighted by Gasteiger charge is 2.26. The van der Waals surface area contributed by atoms with E-state index in [0.717, 1.165) is 5.75 Å². The molecule has 0 bridgehead atoms. The minimum Gasteiger partial charge on any atom is -0.497 e. The molecule has 2 rings (SSSR count). The molecule has 0 unspecified atom stereocenters. The maximum atomic E-state index is 5.34. The van der Waals surface area contributed by atoms with Crippen molar-refractivity contribution in [2.45, 2.75) is 26.3 Å². The first kappa shape index (κ1) is 13.0. The zero-order valence-corrected chi connectivity index (χ0v) is 12.1. The Morgan fingerprint density at radius 2 is 1.94 bits per heavy atom. The highest BCUT2D eigenvalue weighted by molar-refractivity contribution is 5.87. The van der Waals surface area contributed by atoms with E-state index >= 15 is 0 Å². The van der Waals surface area contributed by atoms with E-state index < -0.39 is 0 Å². The second kappa shape index (κ2) is 4.32. The molecule has 0 aliphatic heterocycles. The summed E-state index contributed by atoms with van der Waals surface area (Å²) in [4.78, 5) is 0. The van der Waals surface area contributed by atoms with Crippen molar-refractivity contribution in [2.24, 2.45) is 7.05 Å². The summed E-state index contributed by atoms with van der Waals surface area (Å²) >= 11 is 0. The van der Waals surface area contributed by atoms with Gasteiger partial charge in [0.1, 0.15) is 5.75 Å². The molecule has 1 aromatic carbocycles. The van der Waals surface area contributed by atoms with Gasteiger partial charge in [-0.25, -0.2) is 0 Å². The van der Waals surface area contributed by atoms with E-state index in [1.807, 2.05) is 13.1 Å². The first-order valence-corrected chi connectivity index (χ1v) is 6.24. The molecular formula is C15H22N2O. The van der Waals surface area contributed by atoms with Gasteiger partial charge in [0.2, 0.25) is 0 Å². The average Bonchev–Trinajstić information content (AvgIpc) is 2.61. The van der Waals surface area contributed by atoms with Crippen LogP contribution in [0.4, 0.5) is 0 Å². The van der Waals surface area contributed by atoms with Gasteiger partial charge >= 0.3 is 0 Å². The molecule has 1 N–H and O–H groups in total. The van der Waals surface area contributed by atoms with E-state index in [-0.39, 0.29) is 5.54 Å². The fourth-order valence-electron chi connectivity index (χ4n) is 2.59. The van der Waals surface area contributed by atoms with Crippen LogP contribution in [0, 0.1) is 6.92 Å². The minimum absolute atomic E-state index is 0.0596.